The molecule has 0 saturated carbocycles. The van der Waals surface area contributed by atoms with E-state index in [2.05, 4.69) is 18.6 Å². The van der Waals surface area contributed by atoms with Crippen molar-refractivity contribution >= 4 is 17.7 Å². The van der Waals surface area contributed by atoms with Crippen LogP contribution < -0.4 is 5.73 Å². The molecule has 0 saturated heterocycles. The second-order valence-electron chi connectivity index (χ2n) is 3.74. The number of rotatable bonds is 7. The summed E-state index contributed by atoms with van der Waals surface area (Å²) in [7, 11) is 1.37. The summed E-state index contributed by atoms with van der Waals surface area (Å²) in [4.78, 5) is 10.9. The van der Waals surface area contributed by atoms with Crippen LogP contribution in [0.5, 0.6) is 0 Å². The third kappa shape index (κ3) is 7.21. The Kier molecular flexibility index (Phi) is 7.99. The van der Waals surface area contributed by atoms with Crippen LogP contribution in [0.4, 0.5) is 0 Å². The lowest BCUT2D eigenvalue weighted by atomic mass is 10.1. The molecule has 1 atom stereocenters. The summed E-state index contributed by atoms with van der Waals surface area (Å²) in [6.07, 6.45) is 2.43. The van der Waals surface area contributed by atoms with E-state index < -0.39 is 6.04 Å². The molecule has 3 nitrogen and oxygen atoms in total. The molecule has 4 heteroatoms. The standard InChI is InChI=1S/C10H21NO2S/c1-8(2)5-4-6-14-7-9(11)10(12)13-3/h8-9H,4-7,11H2,1-3H3. The number of carbonyl (C=O) groups is 1. The number of hydrogen-bond donors (Lipinski definition) is 1. The van der Waals surface area contributed by atoms with Crippen molar-refractivity contribution in [3.63, 3.8) is 0 Å². The molecule has 1 unspecified atom stereocenters. The molecular formula is C10H21NO2S. The Morgan fingerprint density at radius 1 is 1.50 bits per heavy atom. The first kappa shape index (κ1) is 13.8. The van der Waals surface area contributed by atoms with Crippen molar-refractivity contribution in [1.82, 2.24) is 0 Å². The third-order valence-corrected chi connectivity index (χ3v) is 3.04. The fourth-order valence-electron chi connectivity index (χ4n) is 1.02. The molecule has 0 aliphatic rings. The largest absolute Gasteiger partial charge is 0.468 e. The first-order valence-electron chi connectivity index (χ1n) is 4.99. The van der Waals surface area contributed by atoms with Gasteiger partial charge in [-0.3, -0.25) is 4.79 Å². The van der Waals surface area contributed by atoms with Gasteiger partial charge in [0.25, 0.3) is 0 Å². The zero-order valence-electron chi connectivity index (χ0n) is 9.29. The molecule has 0 fully saturated rings. The van der Waals surface area contributed by atoms with Crippen molar-refractivity contribution in [3.05, 3.63) is 0 Å². The highest BCUT2D eigenvalue weighted by atomic mass is 32.2. The number of methoxy groups -OCH3 is 1. The average Bonchev–Trinajstić information content (AvgIpc) is 2.15. The number of esters is 1. The summed E-state index contributed by atoms with van der Waals surface area (Å²) in [6, 6.07) is -0.468. The van der Waals surface area contributed by atoms with Gasteiger partial charge in [0.15, 0.2) is 0 Å². The van der Waals surface area contributed by atoms with E-state index in [1.54, 1.807) is 11.8 Å². The van der Waals surface area contributed by atoms with Gasteiger partial charge in [0.1, 0.15) is 6.04 Å². The smallest absolute Gasteiger partial charge is 0.323 e. The molecule has 0 aromatic rings. The Labute approximate surface area is 90.8 Å². The minimum atomic E-state index is -0.468. The molecule has 0 spiro atoms. The molecule has 0 aliphatic carbocycles. The van der Waals surface area contributed by atoms with E-state index in [1.165, 1.54) is 20.0 Å². The lowest BCUT2D eigenvalue weighted by Gasteiger charge is -2.08. The Morgan fingerprint density at radius 2 is 2.14 bits per heavy atom. The SMILES string of the molecule is COC(=O)C(N)CSCCCC(C)C. The van der Waals surface area contributed by atoms with Gasteiger partial charge in [0, 0.05) is 5.75 Å². The van der Waals surface area contributed by atoms with Gasteiger partial charge in [-0.05, 0) is 18.1 Å². The molecule has 0 aromatic heterocycles. The van der Waals surface area contributed by atoms with Crippen molar-refractivity contribution in [3.8, 4) is 0 Å². The summed E-state index contributed by atoms with van der Waals surface area (Å²) >= 11 is 1.72. The molecule has 0 bridgehead atoms. The van der Waals surface area contributed by atoms with Gasteiger partial charge >= 0.3 is 5.97 Å². The van der Waals surface area contributed by atoms with E-state index in [9.17, 15) is 4.79 Å². The Balaban J connectivity index is 3.31. The molecule has 0 amide bonds. The zero-order valence-corrected chi connectivity index (χ0v) is 10.1. The molecule has 84 valence electrons. The number of nitrogens with two attached hydrogens (primary N) is 1. The monoisotopic (exact) mass is 219 g/mol. The van der Waals surface area contributed by atoms with Crippen molar-refractivity contribution in [2.24, 2.45) is 11.7 Å². The lowest BCUT2D eigenvalue weighted by molar-refractivity contribution is -0.141. The maximum Gasteiger partial charge on any atom is 0.323 e. The topological polar surface area (TPSA) is 52.3 Å². The fraction of sp³-hybridized carbons (Fsp3) is 0.900. The highest BCUT2D eigenvalue weighted by molar-refractivity contribution is 7.99. The van der Waals surface area contributed by atoms with E-state index in [0.717, 1.165) is 11.7 Å². The molecule has 2 N–H and O–H groups in total. The maximum atomic E-state index is 10.9. The maximum absolute atomic E-state index is 10.9. The third-order valence-electron chi connectivity index (χ3n) is 1.87. The van der Waals surface area contributed by atoms with Crippen LogP contribution in [0.3, 0.4) is 0 Å². The predicted molar refractivity (Wildman–Crippen MR) is 61.4 cm³/mol. The van der Waals surface area contributed by atoms with Crippen LogP contribution in [-0.4, -0.2) is 30.6 Å². The number of hydrogen-bond acceptors (Lipinski definition) is 4. The highest BCUT2D eigenvalue weighted by Crippen LogP contribution is 2.10. The van der Waals surface area contributed by atoms with E-state index in [0.29, 0.717) is 5.75 Å². The van der Waals surface area contributed by atoms with Gasteiger partial charge < -0.3 is 10.5 Å². The van der Waals surface area contributed by atoms with E-state index in [1.807, 2.05) is 0 Å². The van der Waals surface area contributed by atoms with Crippen LogP contribution in [-0.2, 0) is 9.53 Å². The molecule has 0 rings (SSSR count). The average molecular weight is 219 g/mol. The molecule has 0 heterocycles. The summed E-state index contributed by atoms with van der Waals surface area (Å²) in [5, 5.41) is 0. The summed E-state index contributed by atoms with van der Waals surface area (Å²) in [6.45, 7) is 4.43. The second kappa shape index (κ2) is 8.12. The molecule has 0 aliphatic heterocycles. The first-order chi connectivity index (χ1) is 6.57. The van der Waals surface area contributed by atoms with Gasteiger partial charge in [-0.25, -0.2) is 0 Å². The van der Waals surface area contributed by atoms with Gasteiger partial charge in [-0.15, -0.1) is 0 Å². The summed E-state index contributed by atoms with van der Waals surface area (Å²) in [5.41, 5.74) is 5.57. The zero-order chi connectivity index (χ0) is 11.0. The van der Waals surface area contributed by atoms with Crippen LogP contribution >= 0.6 is 11.8 Å². The van der Waals surface area contributed by atoms with Crippen molar-refractivity contribution in [2.45, 2.75) is 32.7 Å². The highest BCUT2D eigenvalue weighted by Gasteiger charge is 2.12. The molecule has 14 heavy (non-hydrogen) atoms. The van der Waals surface area contributed by atoms with Crippen LogP contribution in [0.1, 0.15) is 26.7 Å². The van der Waals surface area contributed by atoms with E-state index in [4.69, 9.17) is 5.73 Å². The summed E-state index contributed by atoms with van der Waals surface area (Å²) < 4.78 is 4.53. The van der Waals surface area contributed by atoms with Gasteiger partial charge in [0.2, 0.25) is 0 Å². The van der Waals surface area contributed by atoms with Crippen LogP contribution in [0, 0.1) is 5.92 Å². The van der Waals surface area contributed by atoms with E-state index in [-0.39, 0.29) is 5.97 Å². The minimum absolute atomic E-state index is 0.318. The Morgan fingerprint density at radius 3 is 2.64 bits per heavy atom. The quantitative estimate of drug-likeness (QED) is 0.522. The van der Waals surface area contributed by atoms with Crippen molar-refractivity contribution in [2.75, 3.05) is 18.6 Å². The van der Waals surface area contributed by atoms with Crippen LogP contribution in [0.15, 0.2) is 0 Å². The summed E-state index contributed by atoms with van der Waals surface area (Å²) in [5.74, 6) is 2.17. The van der Waals surface area contributed by atoms with Crippen molar-refractivity contribution in [1.29, 1.82) is 0 Å². The number of thioether (sulfide) groups is 1. The van der Waals surface area contributed by atoms with Crippen LogP contribution in [0.2, 0.25) is 0 Å². The Hall–Kier alpha value is -0.220. The second-order valence-corrected chi connectivity index (χ2v) is 4.89. The molecule has 0 radical (unpaired) electrons. The van der Waals surface area contributed by atoms with Gasteiger partial charge in [0.05, 0.1) is 7.11 Å². The fourth-order valence-corrected chi connectivity index (χ4v) is 1.95. The van der Waals surface area contributed by atoms with E-state index >= 15 is 0 Å². The molecule has 0 aromatic carbocycles. The van der Waals surface area contributed by atoms with Crippen LogP contribution in [0.25, 0.3) is 0 Å². The number of ether oxygens (including phenoxy) is 1. The number of carbonyl (C=O) groups excluding carboxylic acids is 1. The predicted octanol–water partition coefficient (Wildman–Crippen LogP) is 1.66. The normalized spacial score (nSPS) is 12.9. The van der Waals surface area contributed by atoms with Gasteiger partial charge in [-0.2, -0.15) is 11.8 Å². The van der Waals surface area contributed by atoms with Crippen molar-refractivity contribution < 1.29 is 9.53 Å². The first-order valence-corrected chi connectivity index (χ1v) is 6.14. The minimum Gasteiger partial charge on any atom is -0.468 e. The lowest BCUT2D eigenvalue weighted by Crippen LogP contribution is -2.33. The van der Waals surface area contributed by atoms with Gasteiger partial charge in [-0.1, -0.05) is 20.3 Å². The molecular weight excluding hydrogens is 198 g/mol. The Bertz CT molecular complexity index is 162.